The molecule has 2 saturated heterocycles. The number of fused-ring (bicyclic) bond motifs is 2. The molecule has 4 aromatic heterocycles. The molecule has 0 saturated carbocycles. The lowest BCUT2D eigenvalue weighted by Gasteiger charge is -2.33. The summed E-state index contributed by atoms with van der Waals surface area (Å²) in [5.41, 5.74) is 15.8. The van der Waals surface area contributed by atoms with Crippen LogP contribution in [0.5, 0.6) is 11.5 Å². The van der Waals surface area contributed by atoms with E-state index in [-0.39, 0.29) is 42.0 Å². The molecule has 2 aromatic carbocycles. The Bertz CT molecular complexity index is 2850. The number of aromatic nitrogens is 7. The van der Waals surface area contributed by atoms with Gasteiger partial charge in [0, 0.05) is 57.1 Å². The quantitative estimate of drug-likeness (QED) is 0.0619. The van der Waals surface area contributed by atoms with Gasteiger partial charge in [0.1, 0.15) is 33.1 Å². The number of rotatable bonds is 18. The zero-order valence-corrected chi connectivity index (χ0v) is 38.8. The minimum absolute atomic E-state index is 0.179. The molecule has 0 unspecified atom stereocenters. The Labute approximate surface area is 385 Å². The van der Waals surface area contributed by atoms with Gasteiger partial charge in [0.2, 0.25) is 23.7 Å². The fourth-order valence-corrected chi connectivity index (χ4v) is 9.90. The van der Waals surface area contributed by atoms with Crippen molar-refractivity contribution in [2.75, 3.05) is 57.2 Å². The number of hydrogen-bond donors (Lipinski definition) is 4. The molecule has 348 valence electrons. The van der Waals surface area contributed by atoms with Crippen molar-refractivity contribution >= 4 is 68.9 Å². The van der Waals surface area contributed by atoms with Gasteiger partial charge in [-0.15, -0.1) is 11.3 Å². The second-order valence-electron chi connectivity index (χ2n) is 16.8. The van der Waals surface area contributed by atoms with Crippen molar-refractivity contribution < 1.29 is 33.4 Å². The van der Waals surface area contributed by atoms with E-state index >= 15 is 0 Å². The maximum atomic E-state index is 13.9. The van der Waals surface area contributed by atoms with E-state index in [1.807, 2.05) is 44.4 Å². The zero-order chi connectivity index (χ0) is 46.7. The molecule has 8 rings (SSSR count). The van der Waals surface area contributed by atoms with Gasteiger partial charge in [-0.25, -0.2) is 15.0 Å². The summed E-state index contributed by atoms with van der Waals surface area (Å²) in [5, 5.41) is 11.1. The van der Waals surface area contributed by atoms with Crippen LogP contribution in [-0.4, -0.2) is 109 Å². The largest absolute Gasteiger partial charge is 0.494 e. The lowest BCUT2D eigenvalue weighted by molar-refractivity contribution is 0.0192. The fourth-order valence-electron chi connectivity index (χ4n) is 9.00. The van der Waals surface area contributed by atoms with Crippen molar-refractivity contribution in [3.05, 3.63) is 80.6 Å². The number of imidazole rings is 2. The average molecular weight is 921 g/mol. The van der Waals surface area contributed by atoms with Crippen molar-refractivity contribution in [1.82, 2.24) is 38.8 Å². The molecule has 2 aliphatic heterocycles. The number of nitrogens with one attached hydrogen (secondary N) is 2. The van der Waals surface area contributed by atoms with E-state index in [9.17, 15) is 19.2 Å². The third kappa shape index (κ3) is 9.52. The van der Waals surface area contributed by atoms with Crippen LogP contribution in [-0.2, 0) is 30.8 Å². The molecule has 19 nitrogen and oxygen atoms in total. The van der Waals surface area contributed by atoms with Crippen LogP contribution in [0.1, 0.15) is 96.8 Å². The highest BCUT2D eigenvalue weighted by Gasteiger charge is 2.39. The molecule has 6 N–H and O–H groups in total. The number of nitrogens with two attached hydrogens (primary N) is 2. The number of hydrogen-bond acceptors (Lipinski definition) is 13. The number of methoxy groups -OCH3 is 1. The zero-order valence-electron chi connectivity index (χ0n) is 37.9. The van der Waals surface area contributed by atoms with Gasteiger partial charge in [-0.3, -0.25) is 34.5 Å². The molecule has 2 aliphatic rings. The molecular formula is C46H56N12O7S. The molecule has 0 aliphatic carbocycles. The van der Waals surface area contributed by atoms with E-state index in [2.05, 4.69) is 25.6 Å². The Balaban J connectivity index is 1.12. The predicted molar refractivity (Wildman–Crippen MR) is 251 cm³/mol. The first-order valence-corrected chi connectivity index (χ1v) is 23.1. The van der Waals surface area contributed by atoms with Crippen molar-refractivity contribution in [3.63, 3.8) is 0 Å². The summed E-state index contributed by atoms with van der Waals surface area (Å²) in [7, 11) is 1.47. The summed E-state index contributed by atoms with van der Waals surface area (Å²) in [6.07, 6.45) is 8.42. The number of primary amides is 2. The summed E-state index contributed by atoms with van der Waals surface area (Å²) >= 11 is 1.30. The van der Waals surface area contributed by atoms with E-state index < -0.39 is 17.7 Å². The number of carbonyl (C=O) groups excluding carboxylic acids is 4. The molecule has 4 amide bonds. The van der Waals surface area contributed by atoms with Gasteiger partial charge >= 0.3 is 0 Å². The second-order valence-corrected chi connectivity index (χ2v) is 18.0. The van der Waals surface area contributed by atoms with Crippen molar-refractivity contribution in [2.24, 2.45) is 16.9 Å². The highest BCUT2D eigenvalue weighted by atomic mass is 32.1. The molecule has 0 bridgehead atoms. The Morgan fingerprint density at radius 3 is 2.08 bits per heavy atom. The maximum Gasteiger partial charge on any atom is 0.276 e. The third-order valence-corrected chi connectivity index (χ3v) is 13.3. The molecule has 66 heavy (non-hydrogen) atoms. The van der Waals surface area contributed by atoms with Crippen molar-refractivity contribution in [1.29, 1.82) is 0 Å². The van der Waals surface area contributed by atoms with E-state index in [1.54, 1.807) is 33.5 Å². The molecule has 6 heterocycles. The molecule has 0 atom stereocenters. The number of allylic oxidation sites excluding steroid dienone is 2. The summed E-state index contributed by atoms with van der Waals surface area (Å²) in [5.74, 6) is -0.950. The lowest BCUT2D eigenvalue weighted by Crippen LogP contribution is -2.33. The first-order valence-electron chi connectivity index (χ1n) is 22.2. The highest BCUT2D eigenvalue weighted by molar-refractivity contribution is 7.13. The van der Waals surface area contributed by atoms with Crippen LogP contribution in [0.3, 0.4) is 0 Å². The first kappa shape index (κ1) is 45.9. The maximum absolute atomic E-state index is 13.9. The number of aryl methyl sites for hydroxylation is 4. The highest BCUT2D eigenvalue weighted by Crippen LogP contribution is 2.40. The van der Waals surface area contributed by atoms with Crippen LogP contribution in [0.2, 0.25) is 0 Å². The van der Waals surface area contributed by atoms with Gasteiger partial charge < -0.3 is 39.7 Å². The van der Waals surface area contributed by atoms with Gasteiger partial charge in [0.25, 0.3) is 11.8 Å². The molecular weight excluding hydrogens is 865 g/mol. The Hall–Kier alpha value is -6.64. The standard InChI is InChI=1S/C46H56N12O7S/c1-6-31-39(66-28(4)49-31)43(62)53-45-51-33-23-30(41(48)60)25-36(65-18-10-14-55-17-11-46(26-55)12-19-64-20-13-46)38(33)57(45)16-9-8-15-56-37-32(22-29(40(47)59)24-35(37)63-5)50-44(56)52-42(61)34-21-27(3)54-58(34)7-2/h8-9,21-25H,6-7,10-20,26H2,1-5H3,(H2,47,59)(H2,48,60)(H,50,52,61)(H,51,53,62)/b9-8+. The van der Waals surface area contributed by atoms with Crippen molar-refractivity contribution in [2.45, 2.75) is 79.4 Å². The number of nitrogens with zero attached hydrogens (tertiary/aromatic N) is 8. The van der Waals surface area contributed by atoms with Gasteiger partial charge in [-0.2, -0.15) is 5.10 Å². The Morgan fingerprint density at radius 2 is 1.47 bits per heavy atom. The summed E-state index contributed by atoms with van der Waals surface area (Å²) in [4.78, 5) is 69.7. The second kappa shape index (κ2) is 19.4. The number of anilines is 2. The Kier molecular flexibility index (Phi) is 13.5. The number of amides is 4. The lowest BCUT2D eigenvalue weighted by atomic mass is 9.80. The van der Waals surface area contributed by atoms with Crippen LogP contribution in [0, 0.1) is 19.3 Å². The predicted octanol–water partition coefficient (Wildman–Crippen LogP) is 5.48. The van der Waals surface area contributed by atoms with Gasteiger partial charge in [-0.1, -0.05) is 19.1 Å². The number of likely N-dealkylation sites (tertiary alicyclic amines) is 1. The fraction of sp³-hybridized carbons (Fsp3) is 0.435. The van der Waals surface area contributed by atoms with Crippen LogP contribution < -0.4 is 31.6 Å². The van der Waals surface area contributed by atoms with Crippen LogP contribution >= 0.6 is 11.3 Å². The SMILES string of the molecule is CCc1nc(C)sc1C(=O)Nc1nc2cc(C(N)=O)cc(OCCCN3CCC4(CCOCC4)C3)c2n1C/C=C/Cn1c(NC(=O)c2cc(C)nn2CC)nc2cc(C(N)=O)cc(OC)c21. The van der Waals surface area contributed by atoms with E-state index in [1.165, 1.54) is 30.9 Å². The summed E-state index contributed by atoms with van der Waals surface area (Å²) in [6.45, 7) is 13.3. The number of ether oxygens (including phenoxy) is 3. The summed E-state index contributed by atoms with van der Waals surface area (Å²) < 4.78 is 23.1. The summed E-state index contributed by atoms with van der Waals surface area (Å²) in [6, 6.07) is 8.00. The van der Waals surface area contributed by atoms with E-state index in [0.29, 0.717) is 80.5 Å². The van der Waals surface area contributed by atoms with E-state index in [4.69, 9.17) is 35.6 Å². The van der Waals surface area contributed by atoms with Gasteiger partial charge in [-0.05, 0) is 95.2 Å². The third-order valence-electron chi connectivity index (χ3n) is 12.3. The number of thiazole rings is 1. The number of carbonyl (C=O) groups is 4. The number of benzene rings is 2. The van der Waals surface area contributed by atoms with Crippen LogP contribution in [0.25, 0.3) is 22.1 Å². The molecule has 2 fully saturated rings. The topological polar surface area (TPSA) is 242 Å². The van der Waals surface area contributed by atoms with Crippen LogP contribution in [0.4, 0.5) is 11.9 Å². The Morgan fingerprint density at radius 1 is 0.848 bits per heavy atom. The minimum Gasteiger partial charge on any atom is -0.494 e. The van der Waals surface area contributed by atoms with Gasteiger partial charge in [0.05, 0.1) is 41.1 Å². The minimum atomic E-state index is -0.661. The van der Waals surface area contributed by atoms with E-state index in [0.717, 1.165) is 57.1 Å². The molecule has 6 aromatic rings. The van der Waals surface area contributed by atoms with Crippen molar-refractivity contribution in [3.8, 4) is 11.5 Å². The van der Waals surface area contributed by atoms with Gasteiger partial charge in [0.15, 0.2) is 0 Å². The molecule has 1 spiro atoms. The first-order chi connectivity index (χ1) is 31.8. The average Bonchev–Trinajstić information content (AvgIpc) is 4.13. The molecule has 0 radical (unpaired) electrons. The normalized spacial score (nSPS) is 15.0. The van der Waals surface area contributed by atoms with Crippen LogP contribution in [0.15, 0.2) is 42.5 Å². The monoisotopic (exact) mass is 920 g/mol. The molecule has 20 heteroatoms. The smallest absolute Gasteiger partial charge is 0.276 e.